The molecule has 0 aliphatic rings. The number of aromatic nitrogens is 1. The monoisotopic (exact) mass is 212 g/mol. The van der Waals surface area contributed by atoms with Gasteiger partial charge in [0.1, 0.15) is 5.82 Å². The van der Waals surface area contributed by atoms with Crippen LogP contribution in [0.25, 0.3) is 0 Å². The van der Waals surface area contributed by atoms with Gasteiger partial charge in [-0.1, -0.05) is 0 Å². The van der Waals surface area contributed by atoms with E-state index in [1.54, 1.807) is 13.2 Å². The number of pyridine rings is 1. The Hall–Kier alpha value is -1.49. The Morgan fingerprint density at radius 3 is 2.93 bits per heavy atom. The summed E-state index contributed by atoms with van der Waals surface area (Å²) >= 11 is 0. The van der Waals surface area contributed by atoms with E-state index in [2.05, 4.69) is 4.98 Å². The number of nitrogens with zero attached hydrogens (tertiary/aromatic N) is 2. The molecule has 0 aromatic carbocycles. The molecule has 0 saturated carbocycles. The van der Waals surface area contributed by atoms with E-state index in [0.717, 1.165) is 11.8 Å². The van der Waals surface area contributed by atoms with E-state index in [1.165, 1.54) is 6.07 Å². The van der Waals surface area contributed by atoms with Crippen LogP contribution < -0.4 is 0 Å². The molecule has 1 N–H and O–H groups in total. The van der Waals surface area contributed by atoms with Gasteiger partial charge in [0.2, 0.25) is 0 Å². The van der Waals surface area contributed by atoms with Gasteiger partial charge in [-0.2, -0.15) is 0 Å². The average Bonchev–Trinajstić information content (AvgIpc) is 2.15. The van der Waals surface area contributed by atoms with E-state index in [0.29, 0.717) is 13.1 Å². The fraction of sp³-hybridized carbons (Fsp3) is 0.400. The number of aliphatic carboxylic acids is 1. The highest BCUT2D eigenvalue weighted by Gasteiger charge is 2.04. The fourth-order valence-corrected chi connectivity index (χ4v) is 1.22. The molecule has 0 bridgehead atoms. The van der Waals surface area contributed by atoms with Crippen LogP contribution in [-0.4, -0.2) is 34.6 Å². The zero-order chi connectivity index (χ0) is 11.3. The Labute approximate surface area is 87.4 Å². The van der Waals surface area contributed by atoms with Gasteiger partial charge in [-0.25, -0.2) is 4.39 Å². The molecule has 0 radical (unpaired) electrons. The lowest BCUT2D eigenvalue weighted by Gasteiger charge is -2.14. The maximum Gasteiger partial charge on any atom is 0.304 e. The average molecular weight is 212 g/mol. The molecular formula is C10H13FN2O2. The first-order valence-corrected chi connectivity index (χ1v) is 4.57. The van der Waals surface area contributed by atoms with Gasteiger partial charge in [-0.15, -0.1) is 0 Å². The third-order valence-electron chi connectivity index (χ3n) is 1.92. The van der Waals surface area contributed by atoms with Gasteiger partial charge in [0.25, 0.3) is 0 Å². The number of carboxylic acids is 1. The summed E-state index contributed by atoms with van der Waals surface area (Å²) in [5.41, 5.74) is 0.739. The number of carbonyl (C=O) groups is 1. The molecule has 0 amide bonds. The Kier molecular flexibility index (Phi) is 4.17. The molecule has 0 aliphatic heterocycles. The first kappa shape index (κ1) is 11.6. The van der Waals surface area contributed by atoms with Crippen molar-refractivity contribution in [3.05, 3.63) is 29.8 Å². The molecule has 0 saturated heterocycles. The summed E-state index contributed by atoms with van der Waals surface area (Å²) in [4.78, 5) is 15.8. The molecule has 0 spiro atoms. The van der Waals surface area contributed by atoms with Crippen molar-refractivity contribution in [3.63, 3.8) is 0 Å². The highest BCUT2D eigenvalue weighted by molar-refractivity contribution is 5.66. The van der Waals surface area contributed by atoms with Gasteiger partial charge >= 0.3 is 5.97 Å². The molecule has 0 fully saturated rings. The summed E-state index contributed by atoms with van der Waals surface area (Å²) in [7, 11) is 1.79. The summed E-state index contributed by atoms with van der Waals surface area (Å²) in [5, 5.41) is 8.47. The van der Waals surface area contributed by atoms with Crippen molar-refractivity contribution in [1.29, 1.82) is 0 Å². The van der Waals surface area contributed by atoms with Crippen LogP contribution in [0.5, 0.6) is 0 Å². The van der Waals surface area contributed by atoms with Crippen LogP contribution in [0.4, 0.5) is 4.39 Å². The third-order valence-corrected chi connectivity index (χ3v) is 1.92. The van der Waals surface area contributed by atoms with E-state index < -0.39 is 5.97 Å². The third kappa shape index (κ3) is 4.51. The highest BCUT2D eigenvalue weighted by Crippen LogP contribution is 2.04. The fourth-order valence-electron chi connectivity index (χ4n) is 1.22. The number of hydrogen-bond donors (Lipinski definition) is 1. The van der Waals surface area contributed by atoms with E-state index in [4.69, 9.17) is 5.11 Å². The van der Waals surface area contributed by atoms with Gasteiger partial charge in [-0.05, 0) is 18.7 Å². The first-order valence-electron chi connectivity index (χ1n) is 4.57. The number of halogens is 1. The number of carboxylic acid groups (broad SMARTS) is 1. The van der Waals surface area contributed by atoms with Gasteiger partial charge in [-0.3, -0.25) is 9.78 Å². The summed E-state index contributed by atoms with van der Waals surface area (Å²) in [5.74, 6) is -1.21. The predicted molar refractivity (Wildman–Crippen MR) is 52.8 cm³/mol. The molecule has 1 heterocycles. The Bertz CT molecular complexity index is 344. The van der Waals surface area contributed by atoms with E-state index in [9.17, 15) is 9.18 Å². The van der Waals surface area contributed by atoms with Gasteiger partial charge in [0, 0.05) is 19.3 Å². The predicted octanol–water partition coefficient (Wildman–Crippen LogP) is 1.13. The Morgan fingerprint density at radius 1 is 1.60 bits per heavy atom. The highest BCUT2D eigenvalue weighted by atomic mass is 19.1. The minimum absolute atomic E-state index is 0.0826. The van der Waals surface area contributed by atoms with Crippen LogP contribution in [0.3, 0.4) is 0 Å². The van der Waals surface area contributed by atoms with Crippen molar-refractivity contribution in [3.8, 4) is 0 Å². The molecule has 1 rings (SSSR count). The summed E-state index contributed by atoms with van der Waals surface area (Å²) in [6.45, 7) is 0.934. The largest absolute Gasteiger partial charge is 0.481 e. The normalized spacial score (nSPS) is 10.6. The van der Waals surface area contributed by atoms with Gasteiger partial charge < -0.3 is 10.0 Å². The minimum Gasteiger partial charge on any atom is -0.481 e. The van der Waals surface area contributed by atoms with Crippen LogP contribution in [0.1, 0.15) is 12.0 Å². The molecule has 0 unspecified atom stereocenters. The SMILES string of the molecule is CN(CCC(=O)O)Cc1cncc(F)c1. The molecule has 15 heavy (non-hydrogen) atoms. The van der Waals surface area contributed by atoms with Crippen molar-refractivity contribution in [2.45, 2.75) is 13.0 Å². The zero-order valence-corrected chi connectivity index (χ0v) is 8.48. The van der Waals surface area contributed by atoms with Crippen LogP contribution in [0.15, 0.2) is 18.5 Å². The summed E-state index contributed by atoms with van der Waals surface area (Å²) < 4.78 is 12.8. The van der Waals surface area contributed by atoms with E-state index in [1.807, 2.05) is 4.90 Å². The van der Waals surface area contributed by atoms with Crippen molar-refractivity contribution < 1.29 is 14.3 Å². The van der Waals surface area contributed by atoms with Gasteiger partial charge in [0.15, 0.2) is 0 Å². The van der Waals surface area contributed by atoms with E-state index >= 15 is 0 Å². The topological polar surface area (TPSA) is 53.4 Å². The second-order valence-corrected chi connectivity index (χ2v) is 3.39. The lowest BCUT2D eigenvalue weighted by molar-refractivity contribution is -0.137. The van der Waals surface area contributed by atoms with Crippen molar-refractivity contribution in [1.82, 2.24) is 9.88 Å². The van der Waals surface area contributed by atoms with Crippen molar-refractivity contribution in [2.24, 2.45) is 0 Å². The second kappa shape index (κ2) is 5.41. The smallest absolute Gasteiger partial charge is 0.304 e. The summed E-state index contributed by atoms with van der Waals surface area (Å²) in [6, 6.07) is 1.39. The number of hydrogen-bond acceptors (Lipinski definition) is 3. The van der Waals surface area contributed by atoms with Gasteiger partial charge in [0.05, 0.1) is 12.6 Å². The maximum absolute atomic E-state index is 12.8. The number of rotatable bonds is 5. The summed E-state index contributed by atoms with van der Waals surface area (Å²) in [6.07, 6.45) is 2.79. The molecule has 82 valence electrons. The quantitative estimate of drug-likeness (QED) is 0.794. The minimum atomic E-state index is -0.834. The molecule has 1 aromatic heterocycles. The lowest BCUT2D eigenvalue weighted by atomic mass is 10.2. The van der Waals surface area contributed by atoms with Crippen molar-refractivity contribution >= 4 is 5.97 Å². The van der Waals surface area contributed by atoms with Crippen LogP contribution in [0, 0.1) is 5.82 Å². The van der Waals surface area contributed by atoms with Crippen LogP contribution >= 0.6 is 0 Å². The standard InChI is InChI=1S/C10H13FN2O2/c1-13(3-2-10(14)15)7-8-4-9(11)6-12-5-8/h4-6H,2-3,7H2,1H3,(H,14,15). The second-order valence-electron chi connectivity index (χ2n) is 3.39. The molecule has 1 aromatic rings. The zero-order valence-electron chi connectivity index (χ0n) is 8.48. The maximum atomic E-state index is 12.8. The first-order chi connectivity index (χ1) is 7.08. The molecule has 0 atom stereocenters. The molecule has 5 heteroatoms. The van der Waals surface area contributed by atoms with Crippen molar-refractivity contribution in [2.75, 3.05) is 13.6 Å². The van der Waals surface area contributed by atoms with Crippen LogP contribution in [0.2, 0.25) is 0 Å². The molecular weight excluding hydrogens is 199 g/mol. The molecule has 4 nitrogen and oxygen atoms in total. The van der Waals surface area contributed by atoms with Crippen LogP contribution in [-0.2, 0) is 11.3 Å². The molecule has 0 aliphatic carbocycles. The lowest BCUT2D eigenvalue weighted by Crippen LogP contribution is -2.21. The van der Waals surface area contributed by atoms with E-state index in [-0.39, 0.29) is 12.2 Å². The Morgan fingerprint density at radius 2 is 2.33 bits per heavy atom. The Balaban J connectivity index is 2.44.